The molecule has 1 aromatic carbocycles. The van der Waals surface area contributed by atoms with Crippen molar-refractivity contribution in [3.8, 4) is 0 Å². The first-order valence-electron chi connectivity index (χ1n) is 7.35. The van der Waals surface area contributed by atoms with E-state index in [0.717, 1.165) is 18.7 Å². The maximum Gasteiger partial charge on any atom is 0.234 e. The average Bonchev–Trinajstić information content (AvgIpc) is 2.47. The van der Waals surface area contributed by atoms with Crippen LogP contribution in [-0.2, 0) is 16.1 Å². The maximum absolute atomic E-state index is 11.9. The largest absolute Gasteiger partial charge is 0.351 e. The van der Waals surface area contributed by atoms with Gasteiger partial charge in [0.15, 0.2) is 0 Å². The first-order valence-corrected chi connectivity index (χ1v) is 7.35. The number of benzene rings is 1. The zero-order valence-electron chi connectivity index (χ0n) is 12.8. The summed E-state index contributed by atoms with van der Waals surface area (Å²) in [6.07, 6.45) is 0. The number of hydrogen-bond donors (Lipinski definition) is 1. The number of carbonyl (C=O) groups is 2. The van der Waals surface area contributed by atoms with Crippen molar-refractivity contribution in [1.29, 1.82) is 0 Å². The lowest BCUT2D eigenvalue weighted by molar-refractivity contribution is -0.131. The molecule has 2 amide bonds. The standard InChI is InChI=1S/C16H23N3O2/c1-13-3-5-15(6-4-13)11-17-16(21)12-18-7-9-19(10-8-18)14(2)20/h3-6H,7-12H2,1-2H3,(H,17,21). The lowest BCUT2D eigenvalue weighted by atomic mass is 10.1. The summed E-state index contributed by atoms with van der Waals surface area (Å²) in [5.74, 6) is 0.144. The van der Waals surface area contributed by atoms with E-state index in [-0.39, 0.29) is 11.8 Å². The molecule has 0 radical (unpaired) electrons. The number of aryl methyl sites for hydroxylation is 1. The van der Waals surface area contributed by atoms with Crippen LogP contribution < -0.4 is 5.32 Å². The number of nitrogens with one attached hydrogen (secondary N) is 1. The van der Waals surface area contributed by atoms with Gasteiger partial charge in [0, 0.05) is 39.6 Å². The lowest BCUT2D eigenvalue weighted by Gasteiger charge is -2.33. The van der Waals surface area contributed by atoms with Gasteiger partial charge in [0.05, 0.1) is 6.54 Å². The minimum Gasteiger partial charge on any atom is -0.351 e. The molecule has 1 fully saturated rings. The van der Waals surface area contributed by atoms with Crippen LogP contribution in [0.5, 0.6) is 0 Å². The Labute approximate surface area is 125 Å². The molecule has 5 heteroatoms. The van der Waals surface area contributed by atoms with Crippen LogP contribution in [0.25, 0.3) is 0 Å². The van der Waals surface area contributed by atoms with Crippen molar-refractivity contribution in [2.24, 2.45) is 0 Å². The fourth-order valence-electron chi connectivity index (χ4n) is 2.39. The first-order chi connectivity index (χ1) is 10.0. The molecule has 1 aliphatic heterocycles. The fraction of sp³-hybridized carbons (Fsp3) is 0.500. The van der Waals surface area contributed by atoms with Crippen molar-refractivity contribution >= 4 is 11.8 Å². The van der Waals surface area contributed by atoms with Crippen LogP contribution in [0.1, 0.15) is 18.1 Å². The molecule has 0 aromatic heterocycles. The Bertz CT molecular complexity index is 491. The van der Waals surface area contributed by atoms with Gasteiger partial charge in [-0.3, -0.25) is 14.5 Å². The highest BCUT2D eigenvalue weighted by Gasteiger charge is 2.19. The molecule has 1 heterocycles. The molecule has 0 unspecified atom stereocenters. The summed E-state index contributed by atoms with van der Waals surface area (Å²) in [5, 5.41) is 2.94. The molecule has 2 rings (SSSR count). The Kier molecular flexibility index (Phi) is 5.33. The van der Waals surface area contributed by atoms with Crippen LogP contribution in [0.4, 0.5) is 0 Å². The van der Waals surface area contributed by atoms with Crippen LogP contribution in [-0.4, -0.2) is 54.3 Å². The topological polar surface area (TPSA) is 52.7 Å². The smallest absolute Gasteiger partial charge is 0.234 e. The summed E-state index contributed by atoms with van der Waals surface area (Å²) in [4.78, 5) is 27.1. The third-order valence-corrected chi connectivity index (χ3v) is 3.80. The van der Waals surface area contributed by atoms with Crippen LogP contribution >= 0.6 is 0 Å². The maximum atomic E-state index is 11.9. The number of carbonyl (C=O) groups excluding carboxylic acids is 2. The third-order valence-electron chi connectivity index (χ3n) is 3.80. The quantitative estimate of drug-likeness (QED) is 0.891. The van der Waals surface area contributed by atoms with Crippen molar-refractivity contribution in [2.45, 2.75) is 20.4 Å². The van der Waals surface area contributed by atoms with Crippen molar-refractivity contribution < 1.29 is 9.59 Å². The molecule has 0 bridgehead atoms. The molecule has 1 aliphatic rings. The number of hydrogen-bond acceptors (Lipinski definition) is 3. The molecule has 1 aromatic rings. The van der Waals surface area contributed by atoms with Crippen LogP contribution in [0.3, 0.4) is 0 Å². The molecular formula is C16H23N3O2. The van der Waals surface area contributed by atoms with Crippen molar-refractivity contribution in [3.05, 3.63) is 35.4 Å². The van der Waals surface area contributed by atoms with Crippen molar-refractivity contribution in [1.82, 2.24) is 15.1 Å². The highest BCUT2D eigenvalue weighted by atomic mass is 16.2. The second-order valence-electron chi connectivity index (χ2n) is 5.54. The highest BCUT2D eigenvalue weighted by Crippen LogP contribution is 2.03. The van der Waals surface area contributed by atoms with Gasteiger partial charge in [-0.05, 0) is 12.5 Å². The lowest BCUT2D eigenvalue weighted by Crippen LogP contribution is -2.50. The molecule has 0 aliphatic carbocycles. The van der Waals surface area contributed by atoms with Gasteiger partial charge in [-0.1, -0.05) is 29.8 Å². The van der Waals surface area contributed by atoms with Crippen molar-refractivity contribution in [3.63, 3.8) is 0 Å². The summed E-state index contributed by atoms with van der Waals surface area (Å²) in [7, 11) is 0. The average molecular weight is 289 g/mol. The first kappa shape index (κ1) is 15.5. The Morgan fingerprint density at radius 1 is 1.10 bits per heavy atom. The molecular weight excluding hydrogens is 266 g/mol. The monoisotopic (exact) mass is 289 g/mol. The van der Waals surface area contributed by atoms with Crippen LogP contribution in [0, 0.1) is 6.92 Å². The Morgan fingerprint density at radius 3 is 2.29 bits per heavy atom. The zero-order chi connectivity index (χ0) is 15.2. The second-order valence-corrected chi connectivity index (χ2v) is 5.54. The Balaban J connectivity index is 1.70. The Hall–Kier alpha value is -1.88. The molecule has 5 nitrogen and oxygen atoms in total. The zero-order valence-corrected chi connectivity index (χ0v) is 12.8. The number of nitrogens with zero attached hydrogens (tertiary/aromatic N) is 2. The van der Waals surface area contributed by atoms with Gasteiger partial charge in [-0.25, -0.2) is 0 Å². The van der Waals surface area contributed by atoms with Gasteiger partial charge < -0.3 is 10.2 Å². The van der Waals surface area contributed by atoms with Crippen LogP contribution in [0.2, 0.25) is 0 Å². The summed E-state index contributed by atoms with van der Waals surface area (Å²) < 4.78 is 0. The second kappa shape index (κ2) is 7.22. The fourth-order valence-corrected chi connectivity index (χ4v) is 2.39. The SMILES string of the molecule is CC(=O)N1CCN(CC(=O)NCc2ccc(C)cc2)CC1. The van der Waals surface area contributed by atoms with Gasteiger partial charge >= 0.3 is 0 Å². The van der Waals surface area contributed by atoms with Gasteiger partial charge in [-0.2, -0.15) is 0 Å². The Morgan fingerprint density at radius 2 is 1.71 bits per heavy atom. The van der Waals surface area contributed by atoms with E-state index in [2.05, 4.69) is 10.2 Å². The van der Waals surface area contributed by atoms with Crippen molar-refractivity contribution in [2.75, 3.05) is 32.7 Å². The van der Waals surface area contributed by atoms with Crippen LogP contribution in [0.15, 0.2) is 24.3 Å². The van der Waals surface area contributed by atoms with E-state index >= 15 is 0 Å². The normalized spacial score (nSPS) is 15.8. The van der Waals surface area contributed by atoms with E-state index in [4.69, 9.17) is 0 Å². The predicted octanol–water partition coefficient (Wildman–Crippen LogP) is 0.775. The van der Waals surface area contributed by atoms with Gasteiger partial charge in [-0.15, -0.1) is 0 Å². The van der Waals surface area contributed by atoms with Gasteiger partial charge in [0.2, 0.25) is 11.8 Å². The molecule has 0 atom stereocenters. The molecule has 114 valence electrons. The summed E-state index contributed by atoms with van der Waals surface area (Å²) >= 11 is 0. The third kappa shape index (κ3) is 4.86. The van der Waals surface area contributed by atoms with E-state index < -0.39 is 0 Å². The highest BCUT2D eigenvalue weighted by molar-refractivity contribution is 5.78. The van der Waals surface area contributed by atoms with E-state index in [1.165, 1.54) is 5.56 Å². The molecule has 0 saturated carbocycles. The van der Waals surface area contributed by atoms with E-state index in [1.807, 2.05) is 36.1 Å². The van der Waals surface area contributed by atoms with Gasteiger partial charge in [0.1, 0.15) is 0 Å². The molecule has 1 N–H and O–H groups in total. The molecule has 0 spiro atoms. The molecule has 1 saturated heterocycles. The number of amides is 2. The molecule has 21 heavy (non-hydrogen) atoms. The minimum atomic E-state index is 0.0341. The van der Waals surface area contributed by atoms with E-state index in [9.17, 15) is 9.59 Å². The summed E-state index contributed by atoms with van der Waals surface area (Å²) in [6.45, 7) is 7.54. The predicted molar refractivity (Wildman–Crippen MR) is 81.7 cm³/mol. The summed E-state index contributed by atoms with van der Waals surface area (Å²) in [6, 6.07) is 8.15. The summed E-state index contributed by atoms with van der Waals surface area (Å²) in [5.41, 5.74) is 2.32. The number of piperazine rings is 1. The van der Waals surface area contributed by atoms with E-state index in [1.54, 1.807) is 6.92 Å². The van der Waals surface area contributed by atoms with E-state index in [0.29, 0.717) is 26.2 Å². The number of rotatable bonds is 4. The minimum absolute atomic E-state index is 0.0341. The van der Waals surface area contributed by atoms with Gasteiger partial charge in [0.25, 0.3) is 0 Å².